The molecule has 2 aliphatic heterocycles. The third-order valence-electron chi connectivity index (χ3n) is 3.89. The fourth-order valence-corrected chi connectivity index (χ4v) is 2.74. The van der Waals surface area contributed by atoms with Gasteiger partial charge in [0.2, 0.25) is 5.11 Å². The zero-order valence-corrected chi connectivity index (χ0v) is 15.7. The van der Waals surface area contributed by atoms with Gasteiger partial charge in [0, 0.05) is 0 Å². The topological polar surface area (TPSA) is 85.7 Å². The molecule has 2 heterocycles. The molecular weight excluding hydrogens is 380 g/mol. The Labute approximate surface area is 167 Å². The highest BCUT2D eigenvalue weighted by molar-refractivity contribution is 7.80. The number of hydrazone groups is 2. The fourth-order valence-electron chi connectivity index (χ4n) is 2.64. The maximum absolute atomic E-state index is 5.54. The first-order chi connectivity index (χ1) is 13.8. The van der Waals surface area contributed by atoms with Gasteiger partial charge in [0.05, 0.1) is 12.4 Å². The number of nitrogens with one attached hydrogen (secondary N) is 2. The SMILES string of the molecule is S=C(NN=Cc1ccc2c(c1)OCCO2)NN=Cc1ccc2c(c1)OCCO2. The average molecular weight is 398 g/mol. The lowest BCUT2D eigenvalue weighted by Gasteiger charge is -2.18. The van der Waals surface area contributed by atoms with Gasteiger partial charge in [-0.2, -0.15) is 10.2 Å². The molecule has 2 N–H and O–H groups in total. The smallest absolute Gasteiger partial charge is 0.207 e. The monoisotopic (exact) mass is 398 g/mol. The van der Waals surface area contributed by atoms with Crippen LogP contribution in [0.5, 0.6) is 23.0 Å². The van der Waals surface area contributed by atoms with Crippen molar-refractivity contribution in [2.45, 2.75) is 0 Å². The van der Waals surface area contributed by atoms with Gasteiger partial charge in [0.1, 0.15) is 26.4 Å². The number of fused-ring (bicyclic) bond motifs is 2. The number of nitrogens with zero attached hydrogens (tertiary/aromatic N) is 2. The van der Waals surface area contributed by atoms with Crippen LogP contribution in [-0.4, -0.2) is 44.0 Å². The third kappa shape index (κ3) is 4.49. The van der Waals surface area contributed by atoms with Gasteiger partial charge in [-0.1, -0.05) is 0 Å². The van der Waals surface area contributed by atoms with E-state index in [-0.39, 0.29) is 5.11 Å². The minimum Gasteiger partial charge on any atom is -0.486 e. The maximum Gasteiger partial charge on any atom is 0.207 e. The second-order valence-electron chi connectivity index (χ2n) is 5.88. The van der Waals surface area contributed by atoms with Crippen molar-refractivity contribution in [2.24, 2.45) is 10.2 Å². The Morgan fingerprint density at radius 1 is 0.714 bits per heavy atom. The average Bonchev–Trinajstić information content (AvgIpc) is 2.73. The van der Waals surface area contributed by atoms with Gasteiger partial charge < -0.3 is 18.9 Å². The molecule has 0 unspecified atom stereocenters. The van der Waals surface area contributed by atoms with Gasteiger partial charge in [-0.05, 0) is 59.7 Å². The van der Waals surface area contributed by atoms with Crippen molar-refractivity contribution in [1.82, 2.24) is 10.9 Å². The van der Waals surface area contributed by atoms with Gasteiger partial charge >= 0.3 is 0 Å². The van der Waals surface area contributed by atoms with Crippen molar-refractivity contribution in [3.8, 4) is 23.0 Å². The first-order valence-electron chi connectivity index (χ1n) is 8.69. The van der Waals surface area contributed by atoms with Crippen molar-refractivity contribution < 1.29 is 18.9 Å². The van der Waals surface area contributed by atoms with Crippen LogP contribution in [0.15, 0.2) is 46.6 Å². The number of rotatable bonds is 4. The Kier molecular flexibility index (Phi) is 5.53. The molecule has 0 radical (unpaired) electrons. The molecule has 9 heteroatoms. The minimum absolute atomic E-state index is 0.266. The lowest BCUT2D eigenvalue weighted by atomic mass is 10.2. The van der Waals surface area contributed by atoms with E-state index in [1.54, 1.807) is 12.4 Å². The highest BCUT2D eigenvalue weighted by Gasteiger charge is 2.11. The Morgan fingerprint density at radius 2 is 1.14 bits per heavy atom. The summed E-state index contributed by atoms with van der Waals surface area (Å²) in [4.78, 5) is 0. The molecule has 0 aromatic heterocycles. The maximum atomic E-state index is 5.54. The van der Waals surface area contributed by atoms with Crippen LogP contribution in [0.3, 0.4) is 0 Å². The molecule has 0 aliphatic carbocycles. The Hall–Kier alpha value is -3.33. The summed E-state index contributed by atoms with van der Waals surface area (Å²) in [5.41, 5.74) is 7.13. The molecule has 0 saturated carbocycles. The van der Waals surface area contributed by atoms with Crippen molar-refractivity contribution in [3.63, 3.8) is 0 Å². The van der Waals surface area contributed by atoms with Crippen molar-refractivity contribution >= 4 is 29.8 Å². The minimum atomic E-state index is 0.266. The molecule has 2 aliphatic rings. The van der Waals surface area contributed by atoms with E-state index in [0.29, 0.717) is 37.9 Å². The van der Waals surface area contributed by atoms with Crippen LogP contribution in [0.1, 0.15) is 11.1 Å². The summed E-state index contributed by atoms with van der Waals surface area (Å²) in [5, 5.41) is 8.44. The van der Waals surface area contributed by atoms with Gasteiger partial charge in [-0.15, -0.1) is 0 Å². The first-order valence-corrected chi connectivity index (χ1v) is 9.10. The quantitative estimate of drug-likeness (QED) is 0.463. The summed E-state index contributed by atoms with van der Waals surface area (Å²) >= 11 is 5.14. The molecule has 0 amide bonds. The molecule has 0 atom stereocenters. The number of hydrogen-bond donors (Lipinski definition) is 2. The molecule has 0 spiro atoms. The predicted molar refractivity (Wildman–Crippen MR) is 109 cm³/mol. The van der Waals surface area contributed by atoms with E-state index in [0.717, 1.165) is 22.6 Å². The zero-order valence-electron chi connectivity index (χ0n) is 14.9. The molecule has 0 bridgehead atoms. The lowest BCUT2D eigenvalue weighted by Crippen LogP contribution is -2.28. The second kappa shape index (κ2) is 8.57. The van der Waals surface area contributed by atoms with Crippen LogP contribution in [0.2, 0.25) is 0 Å². The van der Waals surface area contributed by atoms with E-state index in [2.05, 4.69) is 21.1 Å². The van der Waals surface area contributed by atoms with Gasteiger partial charge in [0.15, 0.2) is 23.0 Å². The third-order valence-corrected chi connectivity index (χ3v) is 4.07. The summed E-state index contributed by atoms with van der Waals surface area (Å²) in [6, 6.07) is 11.2. The summed E-state index contributed by atoms with van der Waals surface area (Å²) in [7, 11) is 0. The number of hydrogen-bond acceptors (Lipinski definition) is 7. The largest absolute Gasteiger partial charge is 0.486 e. The zero-order chi connectivity index (χ0) is 19.2. The molecule has 144 valence electrons. The van der Waals surface area contributed by atoms with E-state index in [1.165, 1.54) is 0 Å². The van der Waals surface area contributed by atoms with E-state index in [4.69, 9.17) is 31.2 Å². The Morgan fingerprint density at radius 3 is 1.61 bits per heavy atom. The molecular formula is C19H18N4O4S. The number of thiocarbonyl (C=S) groups is 1. The Balaban J connectivity index is 1.27. The normalized spacial score (nSPS) is 14.9. The standard InChI is InChI=1S/C19H18N4O4S/c28-19(22-20-11-13-1-3-15-17(9-13)26-7-5-24-15)23-21-12-14-2-4-16-18(10-14)27-8-6-25-16/h1-4,9-12H,5-8H2,(H2,22,23,28). The van der Waals surface area contributed by atoms with Gasteiger partial charge in [-0.25, -0.2) is 0 Å². The number of ether oxygens (including phenoxy) is 4. The molecule has 2 aromatic rings. The summed E-state index contributed by atoms with van der Waals surface area (Å²) in [5.74, 6) is 2.89. The van der Waals surface area contributed by atoms with E-state index in [1.807, 2.05) is 36.4 Å². The van der Waals surface area contributed by atoms with Crippen molar-refractivity contribution in [3.05, 3.63) is 47.5 Å². The van der Waals surface area contributed by atoms with Crippen molar-refractivity contribution in [2.75, 3.05) is 26.4 Å². The van der Waals surface area contributed by atoms with Crippen molar-refractivity contribution in [1.29, 1.82) is 0 Å². The fraction of sp³-hybridized carbons (Fsp3) is 0.211. The second-order valence-corrected chi connectivity index (χ2v) is 6.28. The lowest BCUT2D eigenvalue weighted by molar-refractivity contribution is 0.171. The molecule has 0 saturated heterocycles. The first kappa shape index (κ1) is 18.1. The van der Waals surface area contributed by atoms with Gasteiger partial charge in [0.25, 0.3) is 0 Å². The number of benzene rings is 2. The van der Waals surface area contributed by atoms with Crippen LogP contribution in [0.25, 0.3) is 0 Å². The predicted octanol–water partition coefficient (Wildman–Crippen LogP) is 2.06. The van der Waals surface area contributed by atoms with Gasteiger partial charge in [-0.3, -0.25) is 10.9 Å². The molecule has 4 rings (SSSR count). The summed E-state index contributed by atoms with van der Waals surface area (Å²) in [6.07, 6.45) is 3.27. The van der Waals surface area contributed by atoms with E-state index >= 15 is 0 Å². The molecule has 8 nitrogen and oxygen atoms in total. The highest BCUT2D eigenvalue weighted by atomic mass is 32.1. The summed E-state index contributed by atoms with van der Waals surface area (Å²) in [6.45, 7) is 2.21. The highest BCUT2D eigenvalue weighted by Crippen LogP contribution is 2.31. The van der Waals surface area contributed by atoms with Crippen LogP contribution < -0.4 is 29.8 Å². The summed E-state index contributed by atoms with van der Waals surface area (Å²) < 4.78 is 22.1. The van der Waals surface area contributed by atoms with Crippen LogP contribution >= 0.6 is 12.2 Å². The Bertz CT molecular complexity index is 859. The van der Waals surface area contributed by atoms with E-state index in [9.17, 15) is 0 Å². The molecule has 0 fully saturated rings. The van der Waals surface area contributed by atoms with E-state index < -0.39 is 0 Å². The molecule has 28 heavy (non-hydrogen) atoms. The van der Waals surface area contributed by atoms with Crippen LogP contribution in [0.4, 0.5) is 0 Å². The van der Waals surface area contributed by atoms with Crippen LogP contribution in [-0.2, 0) is 0 Å². The molecule has 2 aromatic carbocycles. The van der Waals surface area contributed by atoms with Crippen LogP contribution in [0, 0.1) is 0 Å².